The maximum atomic E-state index is 5.97. The van der Waals surface area contributed by atoms with Crippen molar-refractivity contribution in [1.82, 2.24) is 9.97 Å². The summed E-state index contributed by atoms with van der Waals surface area (Å²) < 4.78 is 0. The molecule has 1 N–H and O–H groups in total. The fraction of sp³-hybridized carbons (Fsp3) is 0.200. The molecule has 0 aliphatic heterocycles. The molecule has 0 aliphatic carbocycles. The number of thiophene rings is 1. The first-order valence-corrected chi connectivity index (χ1v) is 7.81. The van der Waals surface area contributed by atoms with Gasteiger partial charge in [-0.3, -0.25) is 0 Å². The zero-order valence-corrected chi connectivity index (χ0v) is 12.6. The molecule has 0 saturated carbocycles. The highest BCUT2D eigenvalue weighted by molar-refractivity contribution is 7.18. The van der Waals surface area contributed by atoms with Crippen LogP contribution in [0.3, 0.4) is 0 Å². The lowest BCUT2D eigenvalue weighted by molar-refractivity contribution is 1.19. The van der Waals surface area contributed by atoms with E-state index in [-0.39, 0.29) is 0 Å². The molecule has 0 saturated heterocycles. The summed E-state index contributed by atoms with van der Waals surface area (Å²) in [6.07, 6.45) is 2.61. The summed E-state index contributed by atoms with van der Waals surface area (Å²) in [4.78, 5) is 11.0. The lowest BCUT2D eigenvalue weighted by Crippen LogP contribution is -1.97. The largest absolute Gasteiger partial charge is 0.339 e. The van der Waals surface area contributed by atoms with Gasteiger partial charge in [-0.2, -0.15) is 0 Å². The number of nitrogens with zero attached hydrogens (tertiary/aromatic N) is 2. The average Bonchev–Trinajstić information content (AvgIpc) is 2.92. The number of fused-ring (bicyclic) bond motifs is 1. The number of nitrogens with one attached hydrogen (secondary N) is 1. The number of halogens is 1. The maximum absolute atomic E-state index is 5.97. The van der Waals surface area contributed by atoms with Crippen LogP contribution in [0.25, 0.3) is 10.2 Å². The van der Waals surface area contributed by atoms with Crippen LogP contribution in [0.2, 0.25) is 0 Å². The van der Waals surface area contributed by atoms with Crippen LogP contribution >= 0.6 is 22.9 Å². The van der Waals surface area contributed by atoms with E-state index >= 15 is 0 Å². The van der Waals surface area contributed by atoms with Crippen molar-refractivity contribution in [3.63, 3.8) is 0 Å². The molecule has 0 fully saturated rings. The molecule has 1 aromatic carbocycles. The van der Waals surface area contributed by atoms with Gasteiger partial charge in [0.15, 0.2) is 0 Å². The number of anilines is 2. The Hall–Kier alpha value is -1.65. The Balaban J connectivity index is 2.04. The van der Waals surface area contributed by atoms with E-state index in [9.17, 15) is 0 Å². The van der Waals surface area contributed by atoms with E-state index in [1.54, 1.807) is 17.7 Å². The number of aryl methyl sites for hydroxylation is 1. The third-order valence-electron chi connectivity index (χ3n) is 3.14. The van der Waals surface area contributed by atoms with E-state index in [1.807, 2.05) is 24.3 Å². The van der Waals surface area contributed by atoms with Crippen LogP contribution in [-0.2, 0) is 12.3 Å². The van der Waals surface area contributed by atoms with Gasteiger partial charge in [-0.1, -0.05) is 25.1 Å². The second-order valence-electron chi connectivity index (χ2n) is 4.42. The monoisotopic (exact) mass is 303 g/mol. The van der Waals surface area contributed by atoms with E-state index in [2.05, 4.69) is 28.3 Å². The molecular weight excluding hydrogens is 290 g/mol. The first-order valence-electron chi connectivity index (χ1n) is 6.46. The molecule has 3 nitrogen and oxygen atoms in total. The summed E-state index contributed by atoms with van der Waals surface area (Å²) in [6.45, 7) is 2.15. The number of hydrogen-bond donors (Lipinski definition) is 1. The van der Waals surface area contributed by atoms with Crippen molar-refractivity contribution >= 4 is 44.7 Å². The van der Waals surface area contributed by atoms with Gasteiger partial charge in [-0.15, -0.1) is 22.9 Å². The molecule has 5 heteroatoms. The number of aromatic nitrogens is 2. The van der Waals surface area contributed by atoms with Gasteiger partial charge in [-0.05, 0) is 24.1 Å². The van der Waals surface area contributed by atoms with Crippen molar-refractivity contribution in [2.75, 3.05) is 5.32 Å². The normalized spacial score (nSPS) is 10.9. The molecule has 0 amide bonds. The van der Waals surface area contributed by atoms with E-state index in [0.29, 0.717) is 5.88 Å². The van der Waals surface area contributed by atoms with Gasteiger partial charge < -0.3 is 5.32 Å². The lowest BCUT2D eigenvalue weighted by atomic mass is 10.2. The minimum Gasteiger partial charge on any atom is -0.339 e. The first-order chi connectivity index (χ1) is 9.81. The van der Waals surface area contributed by atoms with Crippen LogP contribution < -0.4 is 5.32 Å². The SMILES string of the molecule is CCc1cc2c(Nc3ccccc3CCl)ncnc2s1. The van der Waals surface area contributed by atoms with Crippen molar-refractivity contribution < 1.29 is 0 Å². The van der Waals surface area contributed by atoms with Gasteiger partial charge in [0, 0.05) is 16.4 Å². The third-order valence-corrected chi connectivity index (χ3v) is 4.62. The van der Waals surface area contributed by atoms with Gasteiger partial charge in [0.05, 0.1) is 5.39 Å². The Morgan fingerprint density at radius 3 is 2.90 bits per heavy atom. The number of alkyl halides is 1. The molecule has 0 aliphatic rings. The van der Waals surface area contributed by atoms with Crippen LogP contribution in [0, 0.1) is 0 Å². The van der Waals surface area contributed by atoms with E-state index in [0.717, 1.165) is 33.7 Å². The minimum atomic E-state index is 0.473. The smallest absolute Gasteiger partial charge is 0.142 e. The maximum Gasteiger partial charge on any atom is 0.142 e. The molecular formula is C15H14ClN3S. The van der Waals surface area contributed by atoms with Crippen molar-refractivity contribution in [3.8, 4) is 0 Å². The summed E-state index contributed by atoms with van der Waals surface area (Å²) in [5, 5.41) is 4.44. The number of hydrogen-bond acceptors (Lipinski definition) is 4. The Morgan fingerprint density at radius 2 is 2.10 bits per heavy atom. The number of rotatable bonds is 4. The van der Waals surface area contributed by atoms with Gasteiger partial charge in [-0.25, -0.2) is 9.97 Å². The Labute approximate surface area is 126 Å². The minimum absolute atomic E-state index is 0.473. The molecule has 0 spiro atoms. The van der Waals surface area contributed by atoms with E-state index in [4.69, 9.17) is 11.6 Å². The van der Waals surface area contributed by atoms with Crippen molar-refractivity contribution in [2.24, 2.45) is 0 Å². The van der Waals surface area contributed by atoms with Crippen LogP contribution in [0.5, 0.6) is 0 Å². The molecule has 3 rings (SSSR count). The molecule has 2 aromatic heterocycles. The molecule has 0 bridgehead atoms. The number of benzene rings is 1. The van der Waals surface area contributed by atoms with Crippen molar-refractivity contribution in [1.29, 1.82) is 0 Å². The Bertz CT molecular complexity index is 739. The van der Waals surface area contributed by atoms with Crippen LogP contribution in [0.1, 0.15) is 17.4 Å². The standard InChI is InChI=1S/C15H14ClN3S/c1-2-11-7-12-14(17-9-18-15(12)20-11)19-13-6-4-3-5-10(13)8-16/h3-7,9H,2,8H2,1H3,(H,17,18,19). The molecule has 2 heterocycles. The molecule has 3 aromatic rings. The zero-order chi connectivity index (χ0) is 13.9. The van der Waals surface area contributed by atoms with Crippen LogP contribution in [0.15, 0.2) is 36.7 Å². The van der Waals surface area contributed by atoms with Gasteiger partial charge in [0.25, 0.3) is 0 Å². The zero-order valence-electron chi connectivity index (χ0n) is 11.1. The van der Waals surface area contributed by atoms with Gasteiger partial charge >= 0.3 is 0 Å². The first kappa shape index (κ1) is 13.3. The second-order valence-corrected chi connectivity index (χ2v) is 5.81. The van der Waals surface area contributed by atoms with Gasteiger partial charge in [0.1, 0.15) is 17.0 Å². The molecule has 20 heavy (non-hydrogen) atoms. The van der Waals surface area contributed by atoms with Crippen LogP contribution in [-0.4, -0.2) is 9.97 Å². The highest BCUT2D eigenvalue weighted by Crippen LogP contribution is 2.31. The summed E-state index contributed by atoms with van der Waals surface area (Å²) in [5.74, 6) is 1.31. The quantitative estimate of drug-likeness (QED) is 0.708. The fourth-order valence-corrected chi connectivity index (χ4v) is 3.23. The topological polar surface area (TPSA) is 37.8 Å². The van der Waals surface area contributed by atoms with Crippen molar-refractivity contribution in [3.05, 3.63) is 47.1 Å². The summed E-state index contributed by atoms with van der Waals surface area (Å²) in [6, 6.07) is 10.2. The van der Waals surface area contributed by atoms with Gasteiger partial charge in [0.2, 0.25) is 0 Å². The summed E-state index contributed by atoms with van der Waals surface area (Å²) in [7, 11) is 0. The second kappa shape index (κ2) is 5.77. The third kappa shape index (κ3) is 2.49. The van der Waals surface area contributed by atoms with E-state index in [1.165, 1.54) is 4.88 Å². The van der Waals surface area contributed by atoms with E-state index < -0.39 is 0 Å². The Morgan fingerprint density at radius 1 is 1.25 bits per heavy atom. The highest BCUT2D eigenvalue weighted by atomic mass is 35.5. The molecule has 0 atom stereocenters. The summed E-state index contributed by atoms with van der Waals surface area (Å²) in [5.41, 5.74) is 2.05. The summed E-state index contributed by atoms with van der Waals surface area (Å²) >= 11 is 7.69. The molecule has 102 valence electrons. The predicted molar refractivity (Wildman–Crippen MR) is 86.1 cm³/mol. The predicted octanol–water partition coefficient (Wildman–Crippen LogP) is 4.74. The molecule has 0 radical (unpaired) electrons. The Kier molecular flexibility index (Phi) is 3.85. The number of para-hydroxylation sites is 1. The molecule has 0 unspecified atom stereocenters. The average molecular weight is 304 g/mol. The van der Waals surface area contributed by atoms with Crippen LogP contribution in [0.4, 0.5) is 11.5 Å². The highest BCUT2D eigenvalue weighted by Gasteiger charge is 2.09. The lowest BCUT2D eigenvalue weighted by Gasteiger charge is -2.09. The fourth-order valence-electron chi connectivity index (χ4n) is 2.07. The van der Waals surface area contributed by atoms with Crippen molar-refractivity contribution in [2.45, 2.75) is 19.2 Å².